The van der Waals surface area contributed by atoms with Gasteiger partial charge in [0.15, 0.2) is 0 Å². The van der Waals surface area contributed by atoms with E-state index in [9.17, 15) is 14.0 Å². The summed E-state index contributed by atoms with van der Waals surface area (Å²) in [7, 11) is 0. The molecular formula is C23H17FN2O3. The normalized spacial score (nSPS) is 10.8. The van der Waals surface area contributed by atoms with E-state index in [1.54, 1.807) is 55.7 Å². The third-order valence-electron chi connectivity index (χ3n) is 4.63. The second-order valence-corrected chi connectivity index (χ2v) is 6.38. The van der Waals surface area contributed by atoms with Crippen molar-refractivity contribution in [3.05, 3.63) is 94.8 Å². The molecule has 0 atom stereocenters. The van der Waals surface area contributed by atoms with Gasteiger partial charge in [0.05, 0.1) is 17.8 Å². The topological polar surface area (TPSA) is 61.2 Å². The van der Waals surface area contributed by atoms with Gasteiger partial charge in [0.25, 0.3) is 0 Å². The van der Waals surface area contributed by atoms with E-state index in [-0.39, 0.29) is 17.9 Å². The summed E-state index contributed by atoms with van der Waals surface area (Å²) in [4.78, 5) is 29.3. The number of para-hydroxylation sites is 1. The highest BCUT2D eigenvalue weighted by Crippen LogP contribution is 2.26. The summed E-state index contributed by atoms with van der Waals surface area (Å²) in [6.45, 7) is 1.80. The van der Waals surface area contributed by atoms with Gasteiger partial charge in [-0.1, -0.05) is 18.2 Å². The Labute approximate surface area is 166 Å². The number of fused-ring (bicyclic) bond motifs is 1. The number of nitrogens with zero attached hydrogens (tertiary/aromatic N) is 2. The van der Waals surface area contributed by atoms with Gasteiger partial charge in [-0.05, 0) is 54.4 Å². The summed E-state index contributed by atoms with van der Waals surface area (Å²) in [6.07, 6.45) is 4.69. The van der Waals surface area contributed by atoms with E-state index in [0.717, 1.165) is 11.1 Å². The molecule has 4 rings (SSSR count). The maximum Gasteiger partial charge on any atom is 0.343 e. The summed E-state index contributed by atoms with van der Waals surface area (Å²) >= 11 is 0. The zero-order valence-corrected chi connectivity index (χ0v) is 15.6. The van der Waals surface area contributed by atoms with E-state index >= 15 is 0 Å². The van der Waals surface area contributed by atoms with Crippen molar-refractivity contribution < 1.29 is 13.9 Å². The number of hydrogen-bond acceptors (Lipinski definition) is 4. The highest BCUT2D eigenvalue weighted by atomic mass is 19.1. The van der Waals surface area contributed by atoms with Crippen LogP contribution in [0.4, 0.5) is 4.39 Å². The lowest BCUT2D eigenvalue weighted by Gasteiger charge is -2.15. The number of ether oxygens (including phenoxy) is 1. The molecule has 0 amide bonds. The van der Waals surface area contributed by atoms with Crippen molar-refractivity contribution in [2.75, 3.05) is 6.61 Å². The molecule has 5 nitrogen and oxygen atoms in total. The summed E-state index contributed by atoms with van der Waals surface area (Å²) in [5.41, 5.74) is 1.88. The molecule has 0 radical (unpaired) electrons. The maximum absolute atomic E-state index is 14.6. The number of benzene rings is 2. The summed E-state index contributed by atoms with van der Waals surface area (Å²) in [5, 5.41) is 0.302. The Morgan fingerprint density at radius 1 is 1.07 bits per heavy atom. The van der Waals surface area contributed by atoms with Gasteiger partial charge >= 0.3 is 5.97 Å². The van der Waals surface area contributed by atoms with Crippen LogP contribution in [0.15, 0.2) is 78.0 Å². The van der Waals surface area contributed by atoms with Crippen molar-refractivity contribution in [2.24, 2.45) is 0 Å². The number of rotatable bonds is 4. The largest absolute Gasteiger partial charge is 0.462 e. The van der Waals surface area contributed by atoms with Crippen molar-refractivity contribution in [3.63, 3.8) is 0 Å². The molecule has 0 saturated carbocycles. The minimum atomic E-state index is -0.734. The molecule has 0 N–H and O–H groups in total. The third-order valence-corrected chi connectivity index (χ3v) is 4.63. The van der Waals surface area contributed by atoms with Gasteiger partial charge in [-0.25, -0.2) is 9.18 Å². The number of halogens is 1. The van der Waals surface area contributed by atoms with Crippen LogP contribution >= 0.6 is 0 Å². The van der Waals surface area contributed by atoms with Crippen molar-refractivity contribution in [2.45, 2.75) is 6.92 Å². The molecule has 2 heterocycles. The van der Waals surface area contributed by atoms with Crippen LogP contribution in [0.5, 0.6) is 0 Å². The molecule has 0 bridgehead atoms. The molecule has 29 heavy (non-hydrogen) atoms. The first-order valence-corrected chi connectivity index (χ1v) is 9.12. The predicted molar refractivity (Wildman–Crippen MR) is 109 cm³/mol. The third kappa shape index (κ3) is 3.40. The average Bonchev–Trinajstić information content (AvgIpc) is 2.75. The van der Waals surface area contributed by atoms with E-state index in [1.165, 1.54) is 16.8 Å². The first-order chi connectivity index (χ1) is 14.1. The standard InChI is InChI=1S/C23H17FN2O3/c1-2-29-23(28)18-14-26(20-6-4-3-5-19(20)24)21-13-16(7-8-17(21)22(18)27)15-9-11-25-12-10-15/h3-14H,2H2,1H3. The van der Waals surface area contributed by atoms with E-state index in [0.29, 0.717) is 10.9 Å². The molecule has 2 aromatic carbocycles. The monoisotopic (exact) mass is 388 g/mol. The number of hydrogen-bond donors (Lipinski definition) is 0. The van der Waals surface area contributed by atoms with Gasteiger partial charge in [0.2, 0.25) is 5.43 Å². The van der Waals surface area contributed by atoms with Crippen LogP contribution in [0.1, 0.15) is 17.3 Å². The van der Waals surface area contributed by atoms with Crippen LogP contribution in [0, 0.1) is 5.82 Å². The number of carbonyl (C=O) groups excluding carboxylic acids is 1. The highest BCUT2D eigenvalue weighted by molar-refractivity contribution is 5.95. The molecule has 2 aromatic heterocycles. The van der Waals surface area contributed by atoms with Gasteiger partial charge < -0.3 is 9.30 Å². The van der Waals surface area contributed by atoms with Crippen molar-refractivity contribution >= 4 is 16.9 Å². The molecule has 144 valence electrons. The van der Waals surface area contributed by atoms with Crippen LogP contribution < -0.4 is 5.43 Å². The smallest absolute Gasteiger partial charge is 0.343 e. The molecular weight excluding hydrogens is 371 g/mol. The Hall–Kier alpha value is -3.80. The fourth-order valence-electron chi connectivity index (χ4n) is 3.25. The minimum Gasteiger partial charge on any atom is -0.462 e. The van der Waals surface area contributed by atoms with E-state index in [1.807, 2.05) is 12.1 Å². The zero-order valence-electron chi connectivity index (χ0n) is 15.6. The van der Waals surface area contributed by atoms with E-state index < -0.39 is 17.2 Å². The summed E-state index contributed by atoms with van der Waals surface area (Å²) in [6, 6.07) is 15.1. The Morgan fingerprint density at radius 2 is 1.83 bits per heavy atom. The lowest BCUT2D eigenvalue weighted by atomic mass is 10.0. The van der Waals surface area contributed by atoms with Crippen molar-refractivity contribution in [1.82, 2.24) is 9.55 Å². The van der Waals surface area contributed by atoms with Gasteiger partial charge in [0.1, 0.15) is 11.4 Å². The minimum absolute atomic E-state index is 0.136. The Morgan fingerprint density at radius 3 is 2.55 bits per heavy atom. The van der Waals surface area contributed by atoms with Gasteiger partial charge in [-0.2, -0.15) is 0 Å². The van der Waals surface area contributed by atoms with E-state index in [2.05, 4.69) is 4.98 Å². The lowest BCUT2D eigenvalue weighted by molar-refractivity contribution is 0.0524. The molecule has 0 aliphatic carbocycles. The zero-order chi connectivity index (χ0) is 20.4. The van der Waals surface area contributed by atoms with Crippen LogP contribution in [0.3, 0.4) is 0 Å². The van der Waals surface area contributed by atoms with Gasteiger partial charge in [-0.3, -0.25) is 9.78 Å². The number of esters is 1. The highest BCUT2D eigenvalue weighted by Gasteiger charge is 2.19. The first kappa shape index (κ1) is 18.6. The van der Waals surface area contributed by atoms with Crippen LogP contribution in [0.2, 0.25) is 0 Å². The quantitative estimate of drug-likeness (QED) is 0.487. The molecule has 0 aliphatic heterocycles. The maximum atomic E-state index is 14.6. The summed E-state index contributed by atoms with van der Waals surface area (Å²) in [5.74, 6) is -1.20. The van der Waals surface area contributed by atoms with Crippen molar-refractivity contribution in [3.8, 4) is 16.8 Å². The molecule has 0 spiro atoms. The van der Waals surface area contributed by atoms with E-state index in [4.69, 9.17) is 4.74 Å². The predicted octanol–water partition coefficient (Wildman–Crippen LogP) is 4.37. The van der Waals surface area contributed by atoms with Crippen LogP contribution in [-0.4, -0.2) is 22.1 Å². The number of carbonyl (C=O) groups is 1. The van der Waals surface area contributed by atoms with Gasteiger partial charge in [-0.15, -0.1) is 0 Å². The molecule has 0 aliphatic rings. The first-order valence-electron chi connectivity index (χ1n) is 9.12. The van der Waals surface area contributed by atoms with Crippen LogP contribution in [0.25, 0.3) is 27.7 Å². The fraction of sp³-hybridized carbons (Fsp3) is 0.0870. The molecule has 0 saturated heterocycles. The van der Waals surface area contributed by atoms with Gasteiger partial charge in [0, 0.05) is 24.0 Å². The SMILES string of the molecule is CCOC(=O)c1cn(-c2ccccc2F)c2cc(-c3ccncc3)ccc2c1=O. The number of pyridine rings is 2. The molecule has 0 fully saturated rings. The lowest BCUT2D eigenvalue weighted by Crippen LogP contribution is -2.20. The van der Waals surface area contributed by atoms with Crippen LogP contribution in [-0.2, 0) is 4.74 Å². The number of aromatic nitrogens is 2. The average molecular weight is 388 g/mol. The molecule has 4 aromatic rings. The Kier molecular flexibility index (Phi) is 4.91. The van der Waals surface area contributed by atoms with Crippen molar-refractivity contribution in [1.29, 1.82) is 0 Å². The molecule has 0 unspecified atom stereocenters. The Balaban J connectivity index is 2.05. The second kappa shape index (κ2) is 7.67. The fourth-order valence-corrected chi connectivity index (χ4v) is 3.25. The Bertz CT molecular complexity index is 1270. The molecule has 6 heteroatoms. The summed E-state index contributed by atoms with van der Waals surface area (Å²) < 4.78 is 21.1. The second-order valence-electron chi connectivity index (χ2n) is 6.38.